The van der Waals surface area contributed by atoms with Crippen LogP contribution in [0, 0.1) is 0 Å². The molecule has 0 saturated carbocycles. The van der Waals surface area contributed by atoms with E-state index in [1.165, 1.54) is 5.56 Å². The van der Waals surface area contributed by atoms with Crippen molar-refractivity contribution in [1.29, 1.82) is 0 Å². The third-order valence-electron chi connectivity index (χ3n) is 3.87. The smallest absolute Gasteiger partial charge is 0.317 e. The van der Waals surface area contributed by atoms with Gasteiger partial charge in [-0.15, -0.1) is 0 Å². The number of rotatable bonds is 4. The fourth-order valence-electron chi connectivity index (χ4n) is 2.71. The molecule has 1 aromatic carbocycles. The zero-order valence-electron chi connectivity index (χ0n) is 13.3. The molecule has 2 heterocycles. The highest BCUT2D eigenvalue weighted by atomic mass is 16.5. The van der Waals surface area contributed by atoms with Gasteiger partial charge >= 0.3 is 6.03 Å². The Balaban J connectivity index is 1.54. The van der Waals surface area contributed by atoms with Crippen LogP contribution in [0.15, 0.2) is 42.7 Å². The van der Waals surface area contributed by atoms with Crippen LogP contribution in [-0.4, -0.2) is 46.5 Å². The molecular formula is C17H22N4O2. The summed E-state index contributed by atoms with van der Waals surface area (Å²) in [5, 5.41) is 7.20. The number of urea groups is 1. The maximum absolute atomic E-state index is 12.2. The van der Waals surface area contributed by atoms with Gasteiger partial charge in [0, 0.05) is 32.0 Å². The SMILES string of the molecule is CC1CN(C(=O)NCc2cccc(Cn3cccn3)c2)CCO1. The molecule has 23 heavy (non-hydrogen) atoms. The van der Waals surface area contributed by atoms with Crippen LogP contribution in [0.3, 0.4) is 0 Å². The second-order valence-electron chi connectivity index (χ2n) is 5.81. The lowest BCUT2D eigenvalue weighted by molar-refractivity contribution is -0.00351. The Bertz CT molecular complexity index is 642. The summed E-state index contributed by atoms with van der Waals surface area (Å²) in [6.07, 6.45) is 3.81. The van der Waals surface area contributed by atoms with Crippen LogP contribution in [0.1, 0.15) is 18.1 Å². The average Bonchev–Trinajstić information content (AvgIpc) is 3.06. The number of nitrogens with one attached hydrogen (secondary N) is 1. The highest BCUT2D eigenvalue weighted by molar-refractivity contribution is 5.74. The number of hydrogen-bond donors (Lipinski definition) is 1. The Morgan fingerprint density at radius 3 is 3.04 bits per heavy atom. The molecule has 3 rings (SSSR count). The standard InChI is InChI=1S/C17H22N4O2/c1-14-12-20(8-9-23-14)17(22)18-11-15-4-2-5-16(10-15)13-21-7-3-6-19-21/h2-7,10,14H,8-9,11-13H2,1H3,(H,18,22). The van der Waals surface area contributed by atoms with E-state index in [1.807, 2.05) is 40.9 Å². The number of carbonyl (C=O) groups excluding carboxylic acids is 1. The number of nitrogens with zero attached hydrogens (tertiary/aromatic N) is 3. The summed E-state index contributed by atoms with van der Waals surface area (Å²) in [4.78, 5) is 14.0. The third kappa shape index (κ3) is 4.32. The van der Waals surface area contributed by atoms with Crippen molar-refractivity contribution >= 4 is 6.03 Å². The molecule has 0 aliphatic carbocycles. The average molecular weight is 314 g/mol. The fraction of sp³-hybridized carbons (Fsp3) is 0.412. The van der Waals surface area contributed by atoms with Crippen LogP contribution in [0.4, 0.5) is 4.79 Å². The molecule has 1 unspecified atom stereocenters. The zero-order valence-corrected chi connectivity index (χ0v) is 13.3. The minimum Gasteiger partial charge on any atom is -0.375 e. The van der Waals surface area contributed by atoms with E-state index in [2.05, 4.69) is 22.5 Å². The van der Waals surface area contributed by atoms with Gasteiger partial charge in [-0.2, -0.15) is 5.10 Å². The maximum atomic E-state index is 12.2. The molecule has 2 aromatic rings. The van der Waals surface area contributed by atoms with E-state index in [4.69, 9.17) is 4.74 Å². The molecule has 0 radical (unpaired) electrons. The molecule has 2 amide bonds. The fourth-order valence-corrected chi connectivity index (χ4v) is 2.71. The first-order chi connectivity index (χ1) is 11.2. The largest absolute Gasteiger partial charge is 0.375 e. The van der Waals surface area contributed by atoms with Crippen molar-refractivity contribution in [2.45, 2.75) is 26.1 Å². The lowest BCUT2D eigenvalue weighted by atomic mass is 10.1. The number of morpholine rings is 1. The van der Waals surface area contributed by atoms with Gasteiger partial charge in [0.2, 0.25) is 0 Å². The molecule has 1 aromatic heterocycles. The highest BCUT2D eigenvalue weighted by Gasteiger charge is 2.20. The van der Waals surface area contributed by atoms with Gasteiger partial charge in [-0.1, -0.05) is 24.3 Å². The third-order valence-corrected chi connectivity index (χ3v) is 3.87. The first kappa shape index (κ1) is 15.6. The van der Waals surface area contributed by atoms with E-state index in [9.17, 15) is 4.79 Å². The molecule has 1 aliphatic heterocycles. The lowest BCUT2D eigenvalue weighted by Gasteiger charge is -2.31. The first-order valence-electron chi connectivity index (χ1n) is 7.90. The van der Waals surface area contributed by atoms with Crippen molar-refractivity contribution in [3.05, 3.63) is 53.9 Å². The van der Waals surface area contributed by atoms with Gasteiger partial charge in [0.1, 0.15) is 0 Å². The van der Waals surface area contributed by atoms with Crippen molar-refractivity contribution in [1.82, 2.24) is 20.0 Å². The van der Waals surface area contributed by atoms with Crippen LogP contribution in [-0.2, 0) is 17.8 Å². The predicted molar refractivity (Wildman–Crippen MR) is 87.0 cm³/mol. The van der Waals surface area contributed by atoms with E-state index in [0.29, 0.717) is 26.2 Å². The summed E-state index contributed by atoms with van der Waals surface area (Å²) in [5.41, 5.74) is 2.25. The van der Waals surface area contributed by atoms with Gasteiger partial charge in [0.15, 0.2) is 0 Å². The number of hydrogen-bond acceptors (Lipinski definition) is 3. The van der Waals surface area contributed by atoms with E-state index >= 15 is 0 Å². The number of benzene rings is 1. The summed E-state index contributed by atoms with van der Waals surface area (Å²) in [6, 6.07) is 10.1. The quantitative estimate of drug-likeness (QED) is 0.937. The molecule has 6 nitrogen and oxygen atoms in total. The molecule has 1 atom stereocenters. The van der Waals surface area contributed by atoms with Gasteiger partial charge in [-0.3, -0.25) is 4.68 Å². The molecule has 122 valence electrons. The molecule has 0 bridgehead atoms. The Morgan fingerprint density at radius 2 is 2.26 bits per heavy atom. The van der Waals surface area contributed by atoms with Gasteiger partial charge < -0.3 is 15.0 Å². The van der Waals surface area contributed by atoms with Crippen molar-refractivity contribution in [2.24, 2.45) is 0 Å². The summed E-state index contributed by atoms with van der Waals surface area (Å²) in [5.74, 6) is 0. The number of ether oxygens (including phenoxy) is 1. The molecule has 1 fully saturated rings. The van der Waals surface area contributed by atoms with E-state index in [0.717, 1.165) is 12.1 Å². The molecular weight excluding hydrogens is 292 g/mol. The summed E-state index contributed by atoms with van der Waals surface area (Å²) < 4.78 is 7.34. The molecule has 0 spiro atoms. The second kappa shape index (κ2) is 7.28. The normalized spacial score (nSPS) is 18.0. The number of carbonyl (C=O) groups is 1. The zero-order chi connectivity index (χ0) is 16.1. The van der Waals surface area contributed by atoms with Crippen molar-refractivity contribution < 1.29 is 9.53 Å². The minimum atomic E-state index is -0.0300. The molecule has 1 saturated heterocycles. The van der Waals surface area contributed by atoms with E-state index < -0.39 is 0 Å². The van der Waals surface area contributed by atoms with Crippen LogP contribution in [0.25, 0.3) is 0 Å². The maximum Gasteiger partial charge on any atom is 0.317 e. The van der Waals surface area contributed by atoms with Gasteiger partial charge in [-0.05, 0) is 24.1 Å². The van der Waals surface area contributed by atoms with E-state index in [1.54, 1.807) is 6.20 Å². The predicted octanol–water partition coefficient (Wildman–Crippen LogP) is 1.86. The van der Waals surface area contributed by atoms with Crippen molar-refractivity contribution in [3.8, 4) is 0 Å². The van der Waals surface area contributed by atoms with Crippen LogP contribution < -0.4 is 5.32 Å². The molecule has 6 heteroatoms. The first-order valence-corrected chi connectivity index (χ1v) is 7.90. The van der Waals surface area contributed by atoms with Crippen LogP contribution >= 0.6 is 0 Å². The van der Waals surface area contributed by atoms with Crippen molar-refractivity contribution in [3.63, 3.8) is 0 Å². The Labute approximate surface area is 136 Å². The topological polar surface area (TPSA) is 59.4 Å². The minimum absolute atomic E-state index is 0.0300. The van der Waals surface area contributed by atoms with Gasteiger partial charge in [0.25, 0.3) is 0 Å². The summed E-state index contributed by atoms with van der Waals surface area (Å²) in [7, 11) is 0. The summed E-state index contributed by atoms with van der Waals surface area (Å²) in [6.45, 7) is 5.14. The number of aromatic nitrogens is 2. The summed E-state index contributed by atoms with van der Waals surface area (Å²) >= 11 is 0. The number of amides is 2. The Morgan fingerprint density at radius 1 is 1.39 bits per heavy atom. The van der Waals surface area contributed by atoms with Crippen LogP contribution in [0.2, 0.25) is 0 Å². The second-order valence-corrected chi connectivity index (χ2v) is 5.81. The molecule has 1 aliphatic rings. The monoisotopic (exact) mass is 314 g/mol. The lowest BCUT2D eigenvalue weighted by Crippen LogP contribution is -2.48. The Hall–Kier alpha value is -2.34. The molecule has 1 N–H and O–H groups in total. The highest BCUT2D eigenvalue weighted by Crippen LogP contribution is 2.08. The van der Waals surface area contributed by atoms with Crippen molar-refractivity contribution in [2.75, 3.05) is 19.7 Å². The van der Waals surface area contributed by atoms with E-state index in [-0.39, 0.29) is 12.1 Å². The van der Waals surface area contributed by atoms with Gasteiger partial charge in [-0.25, -0.2) is 4.79 Å². The van der Waals surface area contributed by atoms with Gasteiger partial charge in [0.05, 0.1) is 19.3 Å². The Kier molecular flexibility index (Phi) is 4.92. The van der Waals surface area contributed by atoms with Crippen LogP contribution in [0.5, 0.6) is 0 Å².